The number of hydrazone groups is 1. The van der Waals surface area contributed by atoms with Gasteiger partial charge >= 0.3 is 6.18 Å². The molecule has 0 aromatic heterocycles. The molecule has 0 saturated carbocycles. The lowest BCUT2D eigenvalue weighted by Gasteiger charge is -2.14. The fourth-order valence-corrected chi connectivity index (χ4v) is 1.85. The van der Waals surface area contributed by atoms with Crippen molar-refractivity contribution in [1.82, 2.24) is 5.43 Å². The molecule has 2 rings (SSSR count). The van der Waals surface area contributed by atoms with Crippen molar-refractivity contribution in [2.24, 2.45) is 5.10 Å². The summed E-state index contributed by atoms with van der Waals surface area (Å²) in [6.07, 6.45) is -4.22. The van der Waals surface area contributed by atoms with Crippen molar-refractivity contribution in [3.8, 4) is 0 Å². The Bertz CT molecular complexity index is 624. The zero-order chi connectivity index (χ0) is 15.6. The molecular formula is C13H12F3N3O2. The van der Waals surface area contributed by atoms with Crippen molar-refractivity contribution in [2.75, 3.05) is 5.32 Å². The highest BCUT2D eigenvalue weighted by atomic mass is 19.4. The minimum absolute atomic E-state index is 0.0255. The number of hydrogen-bond donors (Lipinski definition) is 2. The Kier molecular flexibility index (Phi) is 3.97. The normalized spacial score (nSPS) is 15.2. The molecule has 8 heteroatoms. The first-order valence-electron chi connectivity index (χ1n) is 6.12. The third-order valence-corrected chi connectivity index (χ3v) is 2.97. The Labute approximate surface area is 118 Å². The molecule has 0 radical (unpaired) electrons. The lowest BCUT2D eigenvalue weighted by atomic mass is 10.1. The molecular weight excluding hydrogens is 287 g/mol. The number of amides is 2. The molecule has 21 heavy (non-hydrogen) atoms. The molecule has 0 unspecified atom stereocenters. The van der Waals surface area contributed by atoms with Crippen LogP contribution in [0.5, 0.6) is 0 Å². The van der Waals surface area contributed by atoms with Crippen molar-refractivity contribution in [1.29, 1.82) is 0 Å². The minimum Gasteiger partial charge on any atom is -0.321 e. The van der Waals surface area contributed by atoms with Gasteiger partial charge in [-0.2, -0.15) is 18.3 Å². The first kappa shape index (κ1) is 15.0. The predicted octanol–water partition coefficient (Wildman–Crippen LogP) is 2.22. The van der Waals surface area contributed by atoms with E-state index in [2.05, 4.69) is 15.8 Å². The maximum atomic E-state index is 12.8. The van der Waals surface area contributed by atoms with Gasteiger partial charge in [-0.3, -0.25) is 9.59 Å². The number of nitrogens with zero attached hydrogens (tertiary/aromatic N) is 1. The summed E-state index contributed by atoms with van der Waals surface area (Å²) in [7, 11) is 0. The van der Waals surface area contributed by atoms with Crippen molar-refractivity contribution in [2.45, 2.75) is 25.9 Å². The number of carbonyl (C=O) groups is 2. The summed E-state index contributed by atoms with van der Waals surface area (Å²) in [6.45, 7) is 1.34. The van der Waals surface area contributed by atoms with Crippen LogP contribution in [0, 0.1) is 6.92 Å². The van der Waals surface area contributed by atoms with Gasteiger partial charge in [0.05, 0.1) is 5.56 Å². The molecule has 112 valence electrons. The molecule has 0 spiro atoms. The Balaban J connectivity index is 2.17. The molecule has 5 nitrogen and oxygen atoms in total. The van der Waals surface area contributed by atoms with Gasteiger partial charge in [-0.1, -0.05) is 6.07 Å². The summed E-state index contributed by atoms with van der Waals surface area (Å²) in [5, 5.41) is 5.92. The monoisotopic (exact) mass is 299 g/mol. The van der Waals surface area contributed by atoms with Gasteiger partial charge in [-0.05, 0) is 24.6 Å². The second-order valence-electron chi connectivity index (χ2n) is 4.58. The zero-order valence-corrected chi connectivity index (χ0v) is 11.0. The zero-order valence-electron chi connectivity index (χ0n) is 11.0. The third-order valence-electron chi connectivity index (χ3n) is 2.97. The van der Waals surface area contributed by atoms with Gasteiger partial charge in [0.2, 0.25) is 5.91 Å². The largest absolute Gasteiger partial charge is 0.416 e. The first-order valence-corrected chi connectivity index (χ1v) is 6.12. The summed E-state index contributed by atoms with van der Waals surface area (Å²) < 4.78 is 38.3. The van der Waals surface area contributed by atoms with E-state index in [0.717, 1.165) is 6.07 Å². The fraction of sp³-hybridized carbons (Fsp3) is 0.308. The van der Waals surface area contributed by atoms with Crippen LogP contribution >= 0.6 is 0 Å². The van der Waals surface area contributed by atoms with E-state index in [0.29, 0.717) is 0 Å². The number of nitrogens with one attached hydrogen (secondary N) is 2. The average molecular weight is 299 g/mol. The minimum atomic E-state index is -4.48. The van der Waals surface area contributed by atoms with E-state index in [-0.39, 0.29) is 35.7 Å². The molecule has 2 amide bonds. The van der Waals surface area contributed by atoms with Gasteiger partial charge in [0.15, 0.2) is 0 Å². The van der Waals surface area contributed by atoms with Crippen molar-refractivity contribution < 1.29 is 22.8 Å². The van der Waals surface area contributed by atoms with E-state index in [9.17, 15) is 22.8 Å². The molecule has 0 saturated heterocycles. The Hall–Kier alpha value is -2.38. The molecule has 1 heterocycles. The van der Waals surface area contributed by atoms with Gasteiger partial charge in [-0.25, -0.2) is 5.43 Å². The smallest absolute Gasteiger partial charge is 0.321 e. The topological polar surface area (TPSA) is 70.6 Å². The summed E-state index contributed by atoms with van der Waals surface area (Å²) >= 11 is 0. The molecule has 0 atom stereocenters. The second kappa shape index (κ2) is 5.55. The van der Waals surface area contributed by atoms with Gasteiger partial charge in [0, 0.05) is 18.5 Å². The van der Waals surface area contributed by atoms with Gasteiger partial charge in [0.25, 0.3) is 5.91 Å². The van der Waals surface area contributed by atoms with Crippen LogP contribution in [0.4, 0.5) is 18.9 Å². The second-order valence-corrected chi connectivity index (χ2v) is 4.58. The summed E-state index contributed by atoms with van der Waals surface area (Å²) in [6, 6.07) is 3.53. The number of rotatable bonds is 2. The van der Waals surface area contributed by atoms with E-state index in [1.807, 2.05) is 0 Å². The van der Waals surface area contributed by atoms with E-state index in [1.54, 1.807) is 0 Å². The van der Waals surface area contributed by atoms with Crippen LogP contribution in [0.3, 0.4) is 0 Å². The molecule has 1 aromatic rings. The van der Waals surface area contributed by atoms with Crippen LogP contribution in [0.1, 0.15) is 24.0 Å². The lowest BCUT2D eigenvalue weighted by molar-refractivity contribution is -0.138. The maximum Gasteiger partial charge on any atom is 0.416 e. The van der Waals surface area contributed by atoms with Crippen LogP contribution in [-0.4, -0.2) is 17.5 Å². The highest BCUT2D eigenvalue weighted by Gasteiger charge is 2.32. The van der Waals surface area contributed by atoms with Gasteiger partial charge in [0.1, 0.15) is 5.71 Å². The van der Waals surface area contributed by atoms with Crippen LogP contribution in [0.15, 0.2) is 23.3 Å². The molecule has 2 N–H and O–H groups in total. The Morgan fingerprint density at radius 3 is 2.62 bits per heavy atom. The van der Waals surface area contributed by atoms with E-state index >= 15 is 0 Å². The van der Waals surface area contributed by atoms with E-state index in [4.69, 9.17) is 0 Å². The van der Waals surface area contributed by atoms with E-state index < -0.39 is 17.6 Å². The van der Waals surface area contributed by atoms with Crippen LogP contribution in [-0.2, 0) is 15.8 Å². The SMILES string of the molecule is Cc1ccc(NC(=O)C2=NNC(=O)CC2)cc1C(F)(F)F. The number of aryl methyl sites for hydroxylation is 1. The molecule has 1 aliphatic rings. The number of anilines is 1. The molecule has 1 aliphatic heterocycles. The molecule has 1 aromatic carbocycles. The number of halogens is 3. The predicted molar refractivity (Wildman–Crippen MR) is 69.6 cm³/mol. The highest BCUT2D eigenvalue weighted by molar-refractivity contribution is 6.43. The van der Waals surface area contributed by atoms with Crippen molar-refractivity contribution in [3.05, 3.63) is 29.3 Å². The number of alkyl halides is 3. The van der Waals surface area contributed by atoms with Gasteiger partial charge < -0.3 is 5.32 Å². The lowest BCUT2D eigenvalue weighted by Crippen LogP contribution is -2.32. The summed E-state index contributed by atoms with van der Waals surface area (Å²) in [5.74, 6) is -0.937. The van der Waals surface area contributed by atoms with Crippen molar-refractivity contribution >= 4 is 23.2 Å². The third kappa shape index (κ3) is 3.59. The standard InChI is InChI=1S/C13H12F3N3O2/c1-7-2-3-8(6-9(7)13(14,15)16)17-12(21)10-4-5-11(20)19-18-10/h2-3,6H,4-5H2,1H3,(H,17,21)(H,19,20). The highest BCUT2D eigenvalue weighted by Crippen LogP contribution is 2.33. The van der Waals surface area contributed by atoms with Gasteiger partial charge in [-0.15, -0.1) is 0 Å². The fourth-order valence-electron chi connectivity index (χ4n) is 1.85. The van der Waals surface area contributed by atoms with E-state index in [1.165, 1.54) is 19.1 Å². The first-order chi connectivity index (χ1) is 9.77. The Morgan fingerprint density at radius 2 is 2.05 bits per heavy atom. The quantitative estimate of drug-likeness (QED) is 0.879. The number of carbonyl (C=O) groups excluding carboxylic acids is 2. The van der Waals surface area contributed by atoms with Crippen LogP contribution < -0.4 is 10.7 Å². The molecule has 0 bridgehead atoms. The molecule has 0 aliphatic carbocycles. The summed E-state index contributed by atoms with van der Waals surface area (Å²) in [4.78, 5) is 22.8. The number of benzene rings is 1. The van der Waals surface area contributed by atoms with Crippen LogP contribution in [0.2, 0.25) is 0 Å². The van der Waals surface area contributed by atoms with Crippen molar-refractivity contribution in [3.63, 3.8) is 0 Å². The molecule has 0 fully saturated rings. The number of hydrogen-bond acceptors (Lipinski definition) is 3. The maximum absolute atomic E-state index is 12.8. The van der Waals surface area contributed by atoms with Crippen LogP contribution in [0.25, 0.3) is 0 Å². The average Bonchev–Trinajstić information content (AvgIpc) is 2.40. The summed E-state index contributed by atoms with van der Waals surface area (Å²) in [5.41, 5.74) is 1.52. The Morgan fingerprint density at radius 1 is 1.33 bits per heavy atom.